The lowest BCUT2D eigenvalue weighted by Crippen LogP contribution is -2.23. The van der Waals surface area contributed by atoms with Crippen LogP contribution in [0.25, 0.3) is 6.08 Å². The molecule has 2 aromatic rings. The smallest absolute Gasteiger partial charge is 0.338 e. The molecule has 0 saturated carbocycles. The zero-order valence-corrected chi connectivity index (χ0v) is 17.7. The number of carbonyl (C=O) groups is 2. The van der Waals surface area contributed by atoms with Gasteiger partial charge in [-0.2, -0.15) is 0 Å². The molecule has 0 N–H and O–H groups in total. The molecule has 0 aliphatic carbocycles. The highest BCUT2D eigenvalue weighted by atomic mass is 32.2. The first-order valence-electron chi connectivity index (χ1n) is 9.20. The monoisotopic (exact) mass is 409 g/mol. The van der Waals surface area contributed by atoms with E-state index in [9.17, 15) is 9.59 Å². The summed E-state index contributed by atoms with van der Waals surface area (Å²) in [5, 5.41) is 0.593. The summed E-state index contributed by atoms with van der Waals surface area (Å²) in [6.07, 6.45) is 1.87. The van der Waals surface area contributed by atoms with E-state index in [1.54, 1.807) is 38.2 Å². The minimum absolute atomic E-state index is 0.0893. The summed E-state index contributed by atoms with van der Waals surface area (Å²) in [4.78, 5) is 33.1. The molecule has 1 aliphatic heterocycles. The maximum absolute atomic E-state index is 12.6. The summed E-state index contributed by atoms with van der Waals surface area (Å²) in [6.45, 7) is 2.10. The molecular weight excluding hydrogens is 386 g/mol. The fraction of sp³-hybridized carbons (Fsp3) is 0.227. The van der Waals surface area contributed by atoms with Gasteiger partial charge < -0.3 is 9.64 Å². The zero-order valence-electron chi connectivity index (χ0n) is 16.9. The number of benzene rings is 2. The minimum Gasteiger partial charge on any atom is -0.462 e. The fourth-order valence-corrected chi connectivity index (χ4v) is 3.66. The maximum Gasteiger partial charge on any atom is 0.338 e. The van der Waals surface area contributed by atoms with E-state index in [1.165, 1.54) is 16.7 Å². The molecule has 1 fully saturated rings. The second-order valence-corrected chi connectivity index (χ2v) is 7.63. The van der Waals surface area contributed by atoms with E-state index in [2.05, 4.69) is 4.99 Å². The van der Waals surface area contributed by atoms with Gasteiger partial charge in [-0.25, -0.2) is 9.79 Å². The Morgan fingerprint density at radius 2 is 1.79 bits per heavy atom. The third-order valence-corrected chi connectivity index (χ3v) is 5.37. The molecule has 6 nitrogen and oxygen atoms in total. The molecule has 1 amide bonds. The van der Waals surface area contributed by atoms with E-state index in [0.29, 0.717) is 27.9 Å². The molecule has 1 aliphatic rings. The molecule has 0 unspecified atom stereocenters. The number of likely N-dealkylation sites (N-methyl/N-ethyl adjacent to an activating group) is 1. The summed E-state index contributed by atoms with van der Waals surface area (Å²) < 4.78 is 4.98. The van der Waals surface area contributed by atoms with Crippen molar-refractivity contribution in [2.75, 3.05) is 32.6 Å². The van der Waals surface area contributed by atoms with E-state index in [4.69, 9.17) is 4.74 Å². The van der Waals surface area contributed by atoms with Crippen molar-refractivity contribution in [2.45, 2.75) is 6.92 Å². The Kier molecular flexibility index (Phi) is 6.39. The Hall–Kier alpha value is -3.06. The van der Waals surface area contributed by atoms with Crippen LogP contribution in [0.5, 0.6) is 0 Å². The molecular formula is C22H23N3O3S. The first-order valence-corrected chi connectivity index (χ1v) is 10.0. The van der Waals surface area contributed by atoms with Crippen LogP contribution in [0.15, 0.2) is 58.4 Å². The average molecular weight is 410 g/mol. The number of hydrogen-bond donors (Lipinski definition) is 0. The number of ether oxygens (including phenoxy) is 1. The Balaban J connectivity index is 1.78. The maximum atomic E-state index is 12.6. The van der Waals surface area contributed by atoms with Gasteiger partial charge in [0.2, 0.25) is 0 Å². The Bertz CT molecular complexity index is 964. The lowest BCUT2D eigenvalue weighted by molar-refractivity contribution is -0.121. The van der Waals surface area contributed by atoms with Gasteiger partial charge in [0, 0.05) is 26.8 Å². The molecule has 0 atom stereocenters. The largest absolute Gasteiger partial charge is 0.462 e. The van der Waals surface area contributed by atoms with Gasteiger partial charge in [-0.3, -0.25) is 9.69 Å². The lowest BCUT2D eigenvalue weighted by atomic mass is 10.2. The standard InChI is InChI=1S/C22H23N3O3S/c1-5-28-21(27)16-8-10-17(11-9-16)23-22-25(4)20(26)19(29-22)14-15-6-12-18(13-7-15)24(2)3/h6-14H,5H2,1-4H3/b19-14-,23-22?. The molecule has 29 heavy (non-hydrogen) atoms. The van der Waals surface area contributed by atoms with Crippen molar-refractivity contribution < 1.29 is 14.3 Å². The Morgan fingerprint density at radius 3 is 2.38 bits per heavy atom. The van der Waals surface area contributed by atoms with Crippen molar-refractivity contribution >= 4 is 46.3 Å². The predicted octanol–water partition coefficient (Wildman–Crippen LogP) is 4.16. The average Bonchev–Trinajstić information content (AvgIpc) is 2.97. The number of amides is 1. The highest BCUT2D eigenvalue weighted by Gasteiger charge is 2.30. The van der Waals surface area contributed by atoms with E-state index in [0.717, 1.165) is 11.3 Å². The number of esters is 1. The highest BCUT2D eigenvalue weighted by molar-refractivity contribution is 8.18. The normalized spacial score (nSPS) is 16.6. The van der Waals surface area contributed by atoms with E-state index < -0.39 is 0 Å². The third kappa shape index (κ3) is 4.86. The third-order valence-electron chi connectivity index (χ3n) is 4.31. The number of nitrogens with zero attached hydrogens (tertiary/aromatic N) is 3. The minimum atomic E-state index is -0.361. The second kappa shape index (κ2) is 8.96. The van der Waals surface area contributed by atoms with Crippen molar-refractivity contribution in [2.24, 2.45) is 4.99 Å². The van der Waals surface area contributed by atoms with Gasteiger partial charge in [-0.15, -0.1) is 0 Å². The van der Waals surface area contributed by atoms with Crippen LogP contribution in [0.1, 0.15) is 22.8 Å². The van der Waals surface area contributed by atoms with Gasteiger partial charge >= 0.3 is 5.97 Å². The number of anilines is 1. The van der Waals surface area contributed by atoms with Crippen LogP contribution in [0, 0.1) is 0 Å². The summed E-state index contributed by atoms with van der Waals surface area (Å²) in [5.74, 6) is -0.451. The quantitative estimate of drug-likeness (QED) is 0.548. The number of carbonyl (C=O) groups excluding carboxylic acids is 2. The highest BCUT2D eigenvalue weighted by Crippen LogP contribution is 2.33. The molecule has 7 heteroatoms. The molecule has 3 rings (SSSR count). The summed E-state index contributed by atoms with van der Waals surface area (Å²) in [5.41, 5.74) is 3.20. The van der Waals surface area contributed by atoms with Gasteiger partial charge in [-0.05, 0) is 66.7 Å². The molecule has 0 spiro atoms. The SMILES string of the molecule is CCOC(=O)c1ccc(N=C2S/C(=C\c3ccc(N(C)C)cc3)C(=O)N2C)cc1. The molecule has 1 saturated heterocycles. The Labute approximate surface area is 174 Å². The molecule has 0 radical (unpaired) electrons. The number of amidine groups is 1. The van der Waals surface area contributed by atoms with Gasteiger partial charge in [0.05, 0.1) is 22.8 Å². The van der Waals surface area contributed by atoms with Crippen molar-refractivity contribution in [1.29, 1.82) is 0 Å². The molecule has 0 bridgehead atoms. The Morgan fingerprint density at radius 1 is 1.14 bits per heavy atom. The van der Waals surface area contributed by atoms with Gasteiger partial charge in [0.15, 0.2) is 5.17 Å². The topological polar surface area (TPSA) is 62.2 Å². The molecule has 2 aromatic carbocycles. The van der Waals surface area contributed by atoms with E-state index in [-0.39, 0.29) is 11.9 Å². The van der Waals surface area contributed by atoms with Crippen LogP contribution < -0.4 is 4.90 Å². The van der Waals surface area contributed by atoms with Crippen LogP contribution >= 0.6 is 11.8 Å². The lowest BCUT2D eigenvalue weighted by Gasteiger charge is -2.11. The van der Waals surface area contributed by atoms with Crippen molar-refractivity contribution in [3.8, 4) is 0 Å². The van der Waals surface area contributed by atoms with E-state index >= 15 is 0 Å². The summed E-state index contributed by atoms with van der Waals surface area (Å²) >= 11 is 1.33. The number of thioether (sulfide) groups is 1. The first kappa shape index (κ1) is 20.7. The van der Waals surface area contributed by atoms with Crippen LogP contribution in [-0.2, 0) is 9.53 Å². The van der Waals surface area contributed by atoms with Crippen LogP contribution in [0.4, 0.5) is 11.4 Å². The first-order chi connectivity index (χ1) is 13.9. The number of hydrogen-bond acceptors (Lipinski definition) is 6. The van der Waals surface area contributed by atoms with Gasteiger partial charge in [0.1, 0.15) is 0 Å². The van der Waals surface area contributed by atoms with Crippen molar-refractivity contribution in [3.63, 3.8) is 0 Å². The van der Waals surface area contributed by atoms with Crippen LogP contribution in [-0.4, -0.2) is 49.7 Å². The van der Waals surface area contributed by atoms with Crippen molar-refractivity contribution in [3.05, 3.63) is 64.6 Å². The molecule has 1 heterocycles. The van der Waals surface area contributed by atoms with Crippen LogP contribution in [0.2, 0.25) is 0 Å². The summed E-state index contributed by atoms with van der Waals surface area (Å²) in [7, 11) is 5.68. The van der Waals surface area contributed by atoms with Crippen molar-refractivity contribution in [1.82, 2.24) is 4.90 Å². The number of aliphatic imine (C=N–C) groups is 1. The second-order valence-electron chi connectivity index (χ2n) is 6.62. The molecule has 150 valence electrons. The summed E-state index contributed by atoms with van der Waals surface area (Å²) in [6, 6.07) is 14.8. The predicted molar refractivity (Wildman–Crippen MR) is 119 cm³/mol. The van der Waals surface area contributed by atoms with Gasteiger partial charge in [0.25, 0.3) is 5.91 Å². The zero-order chi connectivity index (χ0) is 21.0. The van der Waals surface area contributed by atoms with Gasteiger partial charge in [-0.1, -0.05) is 12.1 Å². The molecule has 0 aromatic heterocycles. The van der Waals surface area contributed by atoms with Crippen LogP contribution in [0.3, 0.4) is 0 Å². The van der Waals surface area contributed by atoms with E-state index in [1.807, 2.05) is 49.3 Å². The number of rotatable bonds is 5. The fourth-order valence-electron chi connectivity index (χ4n) is 2.67.